The third-order valence-corrected chi connectivity index (χ3v) is 6.87. The van der Waals surface area contributed by atoms with E-state index in [-0.39, 0.29) is 30.2 Å². The molecule has 1 saturated heterocycles. The second kappa shape index (κ2) is 7.15. The first kappa shape index (κ1) is 21.2. The zero-order chi connectivity index (χ0) is 19.9. The summed E-state index contributed by atoms with van der Waals surface area (Å²) >= 11 is 0. The van der Waals surface area contributed by atoms with Crippen molar-refractivity contribution in [1.29, 1.82) is 0 Å². The van der Waals surface area contributed by atoms with E-state index in [4.69, 9.17) is 0 Å². The van der Waals surface area contributed by atoms with Gasteiger partial charge in [0.1, 0.15) is 0 Å². The lowest BCUT2D eigenvalue weighted by molar-refractivity contribution is -0.182. The van der Waals surface area contributed by atoms with Crippen LogP contribution in [0.15, 0.2) is 23.1 Å². The van der Waals surface area contributed by atoms with Gasteiger partial charge >= 0.3 is 6.18 Å². The predicted octanol–water partition coefficient (Wildman–Crippen LogP) is 5.07. The number of nitrogens with zero attached hydrogens (tertiary/aromatic N) is 1. The van der Waals surface area contributed by atoms with Crippen LogP contribution >= 0.6 is 0 Å². The fraction of sp³-hybridized carbons (Fsp3) is 0.684. The topological polar surface area (TPSA) is 37.4 Å². The molecule has 1 aromatic carbocycles. The zero-order valence-electron chi connectivity index (χ0n) is 16.0. The van der Waals surface area contributed by atoms with E-state index < -0.39 is 34.1 Å². The number of alkyl halides is 3. The largest absolute Gasteiger partial charge is 0.393 e. The smallest absolute Gasteiger partial charge is 0.207 e. The second-order valence-corrected chi connectivity index (χ2v) is 10.3. The highest BCUT2D eigenvalue weighted by Crippen LogP contribution is 2.37. The van der Waals surface area contributed by atoms with Crippen LogP contribution < -0.4 is 0 Å². The van der Waals surface area contributed by atoms with Gasteiger partial charge in [0.2, 0.25) is 10.0 Å². The van der Waals surface area contributed by atoms with Gasteiger partial charge in [0.15, 0.2) is 0 Å². The van der Waals surface area contributed by atoms with Crippen molar-refractivity contribution in [3.63, 3.8) is 0 Å². The van der Waals surface area contributed by atoms with Crippen LogP contribution in [0, 0.1) is 5.92 Å². The van der Waals surface area contributed by atoms with Crippen LogP contribution in [0.5, 0.6) is 0 Å². The number of halogens is 3. The molecule has 1 atom stereocenters. The molecule has 0 saturated carbocycles. The molecule has 0 spiro atoms. The maximum absolute atomic E-state index is 13.2. The van der Waals surface area contributed by atoms with Crippen molar-refractivity contribution in [1.82, 2.24) is 4.31 Å². The minimum Gasteiger partial charge on any atom is -0.207 e. The molecule has 1 aliphatic heterocycles. The molecule has 148 valence electrons. The van der Waals surface area contributed by atoms with E-state index in [1.807, 2.05) is 40.7 Å². The number of hydrogen-bond acceptors (Lipinski definition) is 2. The summed E-state index contributed by atoms with van der Waals surface area (Å²) in [7, 11) is -3.98. The Bertz CT molecular complexity index is 749. The Hall–Kier alpha value is -1.08. The SMILES string of the molecule is CC(C)c1ccc(S(=O)(=O)N2CCCC(C(F)(F)F)C2)c(C(C)(C)C)c1. The monoisotopic (exact) mass is 391 g/mol. The Morgan fingerprint density at radius 2 is 1.77 bits per heavy atom. The van der Waals surface area contributed by atoms with Crippen molar-refractivity contribution >= 4 is 10.0 Å². The molecule has 3 nitrogen and oxygen atoms in total. The van der Waals surface area contributed by atoms with Crippen LogP contribution in [-0.2, 0) is 15.4 Å². The molecule has 0 bridgehead atoms. The molecule has 1 heterocycles. The van der Waals surface area contributed by atoms with Gasteiger partial charge in [0.25, 0.3) is 0 Å². The number of piperidine rings is 1. The summed E-state index contributed by atoms with van der Waals surface area (Å²) in [6.45, 7) is 9.43. The molecule has 1 fully saturated rings. The average molecular weight is 391 g/mol. The lowest BCUT2D eigenvalue weighted by Gasteiger charge is -2.34. The Balaban J connectivity index is 2.49. The summed E-state index contributed by atoms with van der Waals surface area (Å²) < 4.78 is 66.6. The molecular formula is C19H28F3NO2S. The van der Waals surface area contributed by atoms with E-state index in [1.54, 1.807) is 12.1 Å². The molecule has 1 aromatic rings. The normalized spacial score (nSPS) is 20.6. The van der Waals surface area contributed by atoms with Crippen molar-refractivity contribution in [3.8, 4) is 0 Å². The lowest BCUT2D eigenvalue weighted by atomic mass is 9.85. The van der Waals surface area contributed by atoms with Gasteiger partial charge in [-0.1, -0.05) is 46.8 Å². The molecule has 0 aliphatic carbocycles. The molecule has 1 unspecified atom stereocenters. The standard InChI is InChI=1S/C19H28F3NO2S/c1-13(2)14-8-9-17(16(11-14)18(3,4)5)26(24,25)23-10-6-7-15(12-23)19(20,21)22/h8-9,11,13,15H,6-7,10,12H2,1-5H3. The molecule has 2 rings (SSSR count). The van der Waals surface area contributed by atoms with Crippen molar-refractivity contribution < 1.29 is 21.6 Å². The molecule has 0 amide bonds. The minimum absolute atomic E-state index is 0.0199. The maximum Gasteiger partial charge on any atom is 0.393 e. The molecule has 1 aliphatic rings. The molecule has 0 N–H and O–H groups in total. The van der Waals surface area contributed by atoms with Crippen LogP contribution in [0.25, 0.3) is 0 Å². The number of benzene rings is 1. The first-order valence-electron chi connectivity index (χ1n) is 8.96. The average Bonchev–Trinajstić information content (AvgIpc) is 2.52. The molecular weight excluding hydrogens is 363 g/mol. The highest BCUT2D eigenvalue weighted by Gasteiger charge is 2.44. The van der Waals surface area contributed by atoms with Crippen LogP contribution in [0.3, 0.4) is 0 Å². The fourth-order valence-corrected chi connectivity index (χ4v) is 5.19. The Morgan fingerprint density at radius 3 is 2.27 bits per heavy atom. The number of rotatable bonds is 3. The van der Waals surface area contributed by atoms with Crippen LogP contribution in [0.2, 0.25) is 0 Å². The molecule has 0 aromatic heterocycles. The third kappa shape index (κ3) is 4.42. The Morgan fingerprint density at radius 1 is 1.15 bits per heavy atom. The summed E-state index contributed by atoms with van der Waals surface area (Å²) in [5.74, 6) is -1.36. The number of hydrogen-bond donors (Lipinski definition) is 0. The van der Waals surface area contributed by atoms with Gasteiger partial charge in [-0.25, -0.2) is 8.42 Å². The quantitative estimate of drug-likeness (QED) is 0.721. The van der Waals surface area contributed by atoms with Crippen molar-refractivity contribution in [2.75, 3.05) is 13.1 Å². The highest BCUT2D eigenvalue weighted by atomic mass is 32.2. The van der Waals surface area contributed by atoms with Crippen molar-refractivity contribution in [2.45, 2.75) is 69.9 Å². The Kier molecular flexibility index (Phi) is 5.84. The lowest BCUT2D eigenvalue weighted by Crippen LogP contribution is -2.45. The van der Waals surface area contributed by atoms with Gasteiger partial charge < -0.3 is 0 Å². The first-order chi connectivity index (χ1) is 11.7. The van der Waals surface area contributed by atoms with Gasteiger partial charge in [-0.05, 0) is 41.4 Å². The van der Waals surface area contributed by atoms with E-state index in [0.717, 1.165) is 9.87 Å². The minimum atomic E-state index is -4.37. The summed E-state index contributed by atoms with van der Waals surface area (Å²) in [5, 5.41) is 0. The highest BCUT2D eigenvalue weighted by molar-refractivity contribution is 7.89. The fourth-order valence-electron chi connectivity index (χ4n) is 3.28. The van der Waals surface area contributed by atoms with E-state index in [0.29, 0.717) is 5.56 Å². The Labute approximate surface area is 154 Å². The summed E-state index contributed by atoms with van der Waals surface area (Å²) in [6, 6.07) is 5.20. The molecule has 0 radical (unpaired) electrons. The van der Waals surface area contributed by atoms with Gasteiger partial charge in [0.05, 0.1) is 10.8 Å². The van der Waals surface area contributed by atoms with Crippen molar-refractivity contribution in [2.24, 2.45) is 5.92 Å². The first-order valence-corrected chi connectivity index (χ1v) is 10.4. The van der Waals surface area contributed by atoms with Crippen LogP contribution in [0.4, 0.5) is 13.2 Å². The third-order valence-electron chi connectivity index (χ3n) is 4.94. The van der Waals surface area contributed by atoms with Gasteiger partial charge in [-0.2, -0.15) is 17.5 Å². The van der Waals surface area contributed by atoms with E-state index in [9.17, 15) is 21.6 Å². The van der Waals surface area contributed by atoms with E-state index >= 15 is 0 Å². The van der Waals surface area contributed by atoms with Gasteiger partial charge in [-0.15, -0.1) is 0 Å². The maximum atomic E-state index is 13.2. The predicted molar refractivity (Wildman–Crippen MR) is 96.8 cm³/mol. The van der Waals surface area contributed by atoms with Crippen molar-refractivity contribution in [3.05, 3.63) is 29.3 Å². The molecule has 26 heavy (non-hydrogen) atoms. The summed E-state index contributed by atoms with van der Waals surface area (Å²) in [5.41, 5.74) is 1.23. The van der Waals surface area contributed by atoms with E-state index in [1.165, 1.54) is 0 Å². The number of sulfonamides is 1. The van der Waals surface area contributed by atoms with Gasteiger partial charge in [0, 0.05) is 13.1 Å². The van der Waals surface area contributed by atoms with Crippen LogP contribution in [-0.4, -0.2) is 32.0 Å². The zero-order valence-corrected chi connectivity index (χ0v) is 16.8. The van der Waals surface area contributed by atoms with E-state index in [2.05, 4.69) is 0 Å². The summed E-state index contributed by atoms with van der Waals surface area (Å²) in [6.07, 6.45) is -4.17. The second-order valence-electron chi connectivity index (χ2n) is 8.40. The van der Waals surface area contributed by atoms with Crippen LogP contribution in [0.1, 0.15) is 64.5 Å². The van der Waals surface area contributed by atoms with Gasteiger partial charge in [-0.3, -0.25) is 0 Å². The summed E-state index contributed by atoms with van der Waals surface area (Å²) in [4.78, 5) is 0.122. The molecule has 7 heteroatoms.